The number of carboxylic acid groups (broad SMARTS) is 1. The molecule has 3 N–H and O–H groups in total. The Morgan fingerprint density at radius 1 is 1.58 bits per heavy atom. The summed E-state index contributed by atoms with van der Waals surface area (Å²) in [5.74, 6) is 0. The minimum absolute atomic E-state index is 0.0162. The molecule has 0 radical (unpaired) electrons. The highest BCUT2D eigenvalue weighted by Crippen LogP contribution is 2.25. The Morgan fingerprint density at radius 2 is 2.33 bits per heavy atom. The SMILES string of the molecule is O=C(O)N1C[C@H](O)[C@H]2NCC[C@H]21. The average molecular weight is 172 g/mol. The summed E-state index contributed by atoms with van der Waals surface area (Å²) in [5.41, 5.74) is 0. The second kappa shape index (κ2) is 2.60. The largest absolute Gasteiger partial charge is 0.465 e. The lowest BCUT2D eigenvalue weighted by Crippen LogP contribution is -2.38. The maximum atomic E-state index is 10.7. The molecule has 5 nitrogen and oxygen atoms in total. The number of likely N-dealkylation sites (tertiary alicyclic amines) is 1. The van der Waals surface area contributed by atoms with Crippen LogP contribution in [0, 0.1) is 0 Å². The van der Waals surface area contributed by atoms with Crippen LogP contribution >= 0.6 is 0 Å². The lowest BCUT2D eigenvalue weighted by atomic mass is 10.1. The molecule has 0 aromatic heterocycles. The van der Waals surface area contributed by atoms with E-state index in [1.807, 2.05) is 0 Å². The van der Waals surface area contributed by atoms with E-state index < -0.39 is 12.2 Å². The van der Waals surface area contributed by atoms with Crippen molar-refractivity contribution in [2.75, 3.05) is 13.1 Å². The Kier molecular flexibility index (Phi) is 1.69. The minimum Gasteiger partial charge on any atom is -0.465 e. The van der Waals surface area contributed by atoms with E-state index in [-0.39, 0.29) is 18.6 Å². The summed E-state index contributed by atoms with van der Waals surface area (Å²) in [6.07, 6.45) is -0.646. The Bertz CT molecular complexity index is 209. The van der Waals surface area contributed by atoms with E-state index in [1.165, 1.54) is 4.90 Å². The fraction of sp³-hybridized carbons (Fsp3) is 0.857. The second-order valence-corrected chi connectivity index (χ2v) is 3.34. The molecule has 0 aromatic carbocycles. The van der Waals surface area contributed by atoms with Gasteiger partial charge in [0.25, 0.3) is 0 Å². The average Bonchev–Trinajstić information content (AvgIpc) is 2.53. The Hall–Kier alpha value is -0.810. The minimum atomic E-state index is -0.926. The van der Waals surface area contributed by atoms with Gasteiger partial charge in [0.15, 0.2) is 0 Å². The van der Waals surface area contributed by atoms with Crippen molar-refractivity contribution in [1.82, 2.24) is 10.2 Å². The molecule has 2 heterocycles. The number of amides is 1. The summed E-state index contributed by atoms with van der Waals surface area (Å²) < 4.78 is 0. The molecule has 0 unspecified atom stereocenters. The van der Waals surface area contributed by atoms with Crippen molar-refractivity contribution >= 4 is 6.09 Å². The van der Waals surface area contributed by atoms with Crippen molar-refractivity contribution in [3.05, 3.63) is 0 Å². The summed E-state index contributed by atoms with van der Waals surface area (Å²) in [6.45, 7) is 1.05. The number of hydrogen-bond acceptors (Lipinski definition) is 3. The molecule has 0 bridgehead atoms. The number of aliphatic hydroxyl groups excluding tert-OH is 1. The lowest BCUT2D eigenvalue weighted by Gasteiger charge is -2.18. The van der Waals surface area contributed by atoms with Gasteiger partial charge in [0.2, 0.25) is 0 Å². The monoisotopic (exact) mass is 172 g/mol. The van der Waals surface area contributed by atoms with Crippen molar-refractivity contribution in [2.24, 2.45) is 0 Å². The molecule has 2 saturated heterocycles. The molecule has 68 valence electrons. The van der Waals surface area contributed by atoms with E-state index in [0.717, 1.165) is 13.0 Å². The van der Waals surface area contributed by atoms with Gasteiger partial charge in [-0.25, -0.2) is 4.79 Å². The molecule has 2 aliphatic rings. The predicted octanol–water partition coefficient (Wildman–Crippen LogP) is -0.929. The standard InChI is InChI=1S/C7H12N2O3/c10-5-3-9(7(11)12)4-1-2-8-6(4)5/h4-6,8,10H,1-3H2,(H,11,12)/t4-,5+,6+/m1/s1. The van der Waals surface area contributed by atoms with E-state index in [0.29, 0.717) is 0 Å². The van der Waals surface area contributed by atoms with Gasteiger partial charge in [-0.3, -0.25) is 0 Å². The first-order chi connectivity index (χ1) is 5.70. The maximum Gasteiger partial charge on any atom is 0.407 e. The third-order valence-corrected chi connectivity index (χ3v) is 2.68. The van der Waals surface area contributed by atoms with Gasteiger partial charge < -0.3 is 20.4 Å². The summed E-state index contributed by atoms with van der Waals surface area (Å²) >= 11 is 0. The van der Waals surface area contributed by atoms with Gasteiger partial charge in [-0.2, -0.15) is 0 Å². The van der Waals surface area contributed by atoms with E-state index in [2.05, 4.69) is 5.32 Å². The zero-order valence-electron chi connectivity index (χ0n) is 6.60. The smallest absolute Gasteiger partial charge is 0.407 e. The third-order valence-electron chi connectivity index (χ3n) is 2.68. The molecular weight excluding hydrogens is 160 g/mol. The second-order valence-electron chi connectivity index (χ2n) is 3.34. The Balaban J connectivity index is 2.14. The molecule has 1 amide bonds. The highest BCUT2D eigenvalue weighted by Gasteiger charge is 2.45. The van der Waals surface area contributed by atoms with Crippen LogP contribution in [-0.2, 0) is 0 Å². The zero-order valence-corrected chi connectivity index (χ0v) is 6.60. The van der Waals surface area contributed by atoms with E-state index in [1.54, 1.807) is 0 Å². The molecule has 2 aliphatic heterocycles. The fourth-order valence-electron chi connectivity index (χ4n) is 2.13. The molecule has 2 rings (SSSR count). The molecule has 3 atom stereocenters. The predicted molar refractivity (Wildman–Crippen MR) is 40.9 cm³/mol. The number of fused-ring (bicyclic) bond motifs is 1. The maximum absolute atomic E-state index is 10.7. The molecule has 0 aliphatic carbocycles. The topological polar surface area (TPSA) is 72.8 Å². The van der Waals surface area contributed by atoms with E-state index in [4.69, 9.17) is 5.11 Å². The van der Waals surface area contributed by atoms with E-state index >= 15 is 0 Å². The van der Waals surface area contributed by atoms with Crippen LogP contribution in [0.3, 0.4) is 0 Å². The lowest BCUT2D eigenvalue weighted by molar-refractivity contribution is 0.128. The van der Waals surface area contributed by atoms with Crippen molar-refractivity contribution in [3.8, 4) is 0 Å². The van der Waals surface area contributed by atoms with Crippen LogP contribution in [-0.4, -0.2) is 52.5 Å². The van der Waals surface area contributed by atoms with Crippen LogP contribution in [0.5, 0.6) is 0 Å². The first kappa shape index (κ1) is 7.82. The van der Waals surface area contributed by atoms with Gasteiger partial charge in [0, 0.05) is 0 Å². The molecule has 5 heteroatoms. The van der Waals surface area contributed by atoms with Crippen molar-refractivity contribution in [1.29, 1.82) is 0 Å². The number of nitrogens with zero attached hydrogens (tertiary/aromatic N) is 1. The van der Waals surface area contributed by atoms with Crippen molar-refractivity contribution in [2.45, 2.75) is 24.6 Å². The fourth-order valence-corrected chi connectivity index (χ4v) is 2.13. The summed E-state index contributed by atoms with van der Waals surface area (Å²) in [5, 5.41) is 21.3. The number of rotatable bonds is 0. The van der Waals surface area contributed by atoms with Crippen molar-refractivity contribution < 1.29 is 15.0 Å². The molecular formula is C7H12N2O3. The molecule has 0 saturated carbocycles. The van der Waals surface area contributed by atoms with Gasteiger partial charge in [-0.1, -0.05) is 0 Å². The van der Waals surface area contributed by atoms with Gasteiger partial charge in [-0.15, -0.1) is 0 Å². The normalized spacial score (nSPS) is 40.1. The van der Waals surface area contributed by atoms with Crippen LogP contribution < -0.4 is 5.32 Å². The summed E-state index contributed by atoms with van der Waals surface area (Å²) in [6, 6.07) is -0.0569. The number of carbonyl (C=O) groups is 1. The number of nitrogens with one attached hydrogen (secondary N) is 1. The van der Waals surface area contributed by atoms with Gasteiger partial charge in [0.05, 0.1) is 24.7 Å². The number of hydrogen-bond donors (Lipinski definition) is 3. The summed E-state index contributed by atoms with van der Waals surface area (Å²) in [4.78, 5) is 12.0. The first-order valence-corrected chi connectivity index (χ1v) is 4.11. The van der Waals surface area contributed by atoms with Gasteiger partial charge >= 0.3 is 6.09 Å². The number of aliphatic hydroxyl groups is 1. The van der Waals surface area contributed by atoms with E-state index in [9.17, 15) is 9.90 Å². The Labute approximate surface area is 70.0 Å². The highest BCUT2D eigenvalue weighted by molar-refractivity contribution is 5.66. The molecule has 2 fully saturated rings. The third kappa shape index (κ3) is 0.971. The van der Waals surface area contributed by atoms with Crippen LogP contribution in [0.2, 0.25) is 0 Å². The molecule has 12 heavy (non-hydrogen) atoms. The molecule has 0 aromatic rings. The highest BCUT2D eigenvalue weighted by atomic mass is 16.4. The quantitative estimate of drug-likeness (QED) is 0.441. The number of β-amino-alcohol motifs (C(OH)–C–C–N with tert-alkyl or cyclic N) is 1. The van der Waals surface area contributed by atoms with Crippen LogP contribution in [0.1, 0.15) is 6.42 Å². The molecule has 0 spiro atoms. The van der Waals surface area contributed by atoms with Crippen molar-refractivity contribution in [3.63, 3.8) is 0 Å². The van der Waals surface area contributed by atoms with Gasteiger partial charge in [-0.05, 0) is 13.0 Å². The van der Waals surface area contributed by atoms with Crippen LogP contribution in [0.25, 0.3) is 0 Å². The Morgan fingerprint density at radius 3 is 3.00 bits per heavy atom. The van der Waals surface area contributed by atoms with Crippen LogP contribution in [0.4, 0.5) is 4.79 Å². The van der Waals surface area contributed by atoms with Gasteiger partial charge in [0.1, 0.15) is 0 Å². The van der Waals surface area contributed by atoms with Crippen LogP contribution in [0.15, 0.2) is 0 Å². The summed E-state index contributed by atoms with van der Waals surface area (Å²) in [7, 11) is 0. The zero-order chi connectivity index (χ0) is 8.72. The first-order valence-electron chi connectivity index (χ1n) is 4.11.